The maximum absolute atomic E-state index is 12.5. The third-order valence-corrected chi connectivity index (χ3v) is 6.63. The van der Waals surface area contributed by atoms with Crippen molar-refractivity contribution in [3.05, 3.63) is 108 Å². The van der Waals surface area contributed by atoms with E-state index < -0.39 is 10.0 Å². The first-order valence-electron chi connectivity index (χ1n) is 10.7. The number of benzene rings is 3. The molecule has 3 aromatic carbocycles. The zero-order chi connectivity index (χ0) is 24.0. The lowest BCUT2D eigenvalue weighted by molar-refractivity contribution is -0.116. The van der Waals surface area contributed by atoms with Gasteiger partial charge in [-0.25, -0.2) is 17.8 Å². The second-order valence-corrected chi connectivity index (χ2v) is 9.36. The van der Waals surface area contributed by atoms with Crippen LogP contribution in [0.2, 0.25) is 0 Å². The molecule has 8 heteroatoms. The average molecular weight is 473 g/mol. The molecule has 1 aromatic heterocycles. The third-order valence-electron chi connectivity index (χ3n) is 5.20. The quantitative estimate of drug-likeness (QED) is 0.382. The average Bonchev–Trinajstić information content (AvgIpc) is 3.32. The monoisotopic (exact) mass is 472 g/mol. The van der Waals surface area contributed by atoms with E-state index in [0.29, 0.717) is 12.1 Å². The van der Waals surface area contributed by atoms with E-state index in [1.54, 1.807) is 22.9 Å². The van der Waals surface area contributed by atoms with Gasteiger partial charge in [-0.15, -0.1) is 0 Å². The zero-order valence-corrected chi connectivity index (χ0v) is 19.4. The van der Waals surface area contributed by atoms with E-state index in [9.17, 15) is 13.2 Å². The number of carbonyl (C=O) groups is 1. The Labute approximate surface area is 198 Å². The number of nitrogens with zero attached hydrogens (tertiary/aromatic N) is 2. The molecule has 1 amide bonds. The Balaban J connectivity index is 1.48. The lowest BCUT2D eigenvalue weighted by Gasteiger charge is -2.04. The van der Waals surface area contributed by atoms with Crippen molar-refractivity contribution in [1.29, 1.82) is 0 Å². The Hall–Kier alpha value is -4.01. The smallest absolute Gasteiger partial charge is 0.244 e. The van der Waals surface area contributed by atoms with E-state index in [-0.39, 0.29) is 10.8 Å². The van der Waals surface area contributed by atoms with Gasteiger partial charge in [0.1, 0.15) is 0 Å². The molecule has 4 rings (SSSR count). The van der Waals surface area contributed by atoms with Crippen molar-refractivity contribution < 1.29 is 13.2 Å². The van der Waals surface area contributed by atoms with Crippen molar-refractivity contribution in [2.75, 3.05) is 7.05 Å². The van der Waals surface area contributed by atoms with Crippen molar-refractivity contribution in [2.24, 2.45) is 0 Å². The summed E-state index contributed by atoms with van der Waals surface area (Å²) < 4.78 is 27.7. The largest absolute Gasteiger partial charge is 0.348 e. The standard InChI is InChI=1S/C26H24N4O3S/c1-27-34(32,33)24-15-12-20(13-16-24)14-17-25(31)28-18-22-19-30(23-10-6-3-7-11-23)29-26(22)21-8-4-2-5-9-21/h2-17,19,27H,18H2,1H3,(H,28,31)/b17-14+. The first kappa shape index (κ1) is 23.2. The number of sulfonamides is 1. The molecule has 0 aliphatic heterocycles. The lowest BCUT2D eigenvalue weighted by Crippen LogP contribution is -2.20. The molecule has 0 aliphatic rings. The van der Waals surface area contributed by atoms with Gasteiger partial charge in [0.25, 0.3) is 0 Å². The van der Waals surface area contributed by atoms with Crippen LogP contribution in [0.4, 0.5) is 0 Å². The molecule has 2 N–H and O–H groups in total. The highest BCUT2D eigenvalue weighted by Gasteiger charge is 2.13. The third kappa shape index (κ3) is 5.48. The van der Waals surface area contributed by atoms with E-state index >= 15 is 0 Å². The van der Waals surface area contributed by atoms with Crippen LogP contribution in [0.25, 0.3) is 23.0 Å². The molecule has 0 bridgehead atoms. The van der Waals surface area contributed by atoms with Gasteiger partial charge in [0.05, 0.1) is 16.3 Å². The van der Waals surface area contributed by atoms with Gasteiger partial charge >= 0.3 is 0 Å². The first-order chi connectivity index (χ1) is 16.5. The number of nitrogens with one attached hydrogen (secondary N) is 2. The van der Waals surface area contributed by atoms with Crippen molar-refractivity contribution in [3.8, 4) is 16.9 Å². The molecule has 172 valence electrons. The summed E-state index contributed by atoms with van der Waals surface area (Å²) in [7, 11) is -2.13. The molecule has 1 heterocycles. The minimum absolute atomic E-state index is 0.167. The SMILES string of the molecule is CNS(=O)(=O)c1ccc(/C=C/C(=O)NCc2cn(-c3ccccc3)nc2-c2ccccc2)cc1. The molecule has 4 aromatic rings. The Morgan fingerprint density at radius 1 is 0.941 bits per heavy atom. The summed E-state index contributed by atoms with van der Waals surface area (Å²) in [4.78, 5) is 12.6. The summed E-state index contributed by atoms with van der Waals surface area (Å²) in [6.07, 6.45) is 4.98. The molecular weight excluding hydrogens is 448 g/mol. The molecule has 0 atom stereocenters. The van der Waals surface area contributed by atoms with Crippen molar-refractivity contribution in [2.45, 2.75) is 11.4 Å². The molecular formula is C26H24N4O3S. The van der Waals surface area contributed by atoms with Crippen LogP contribution in [0, 0.1) is 0 Å². The van der Waals surface area contributed by atoms with Crippen molar-refractivity contribution >= 4 is 22.0 Å². The molecule has 0 saturated heterocycles. The fourth-order valence-corrected chi connectivity index (χ4v) is 4.11. The van der Waals surface area contributed by atoms with Gasteiger partial charge in [-0.3, -0.25) is 4.79 Å². The molecule has 0 fully saturated rings. The van der Waals surface area contributed by atoms with Crippen LogP contribution in [-0.2, 0) is 21.4 Å². The van der Waals surface area contributed by atoms with Gasteiger partial charge in [0.15, 0.2) is 0 Å². The minimum atomic E-state index is -3.49. The number of amides is 1. The van der Waals surface area contributed by atoms with Crippen LogP contribution in [0.3, 0.4) is 0 Å². The lowest BCUT2D eigenvalue weighted by atomic mass is 10.1. The fraction of sp³-hybridized carbons (Fsp3) is 0.0769. The molecule has 0 spiro atoms. The summed E-state index contributed by atoms with van der Waals surface area (Å²) in [6.45, 7) is 0.305. The second kappa shape index (κ2) is 10.3. The number of carbonyl (C=O) groups excluding carboxylic acids is 1. The molecule has 7 nitrogen and oxygen atoms in total. The summed E-state index contributed by atoms with van der Waals surface area (Å²) in [6, 6.07) is 25.9. The minimum Gasteiger partial charge on any atom is -0.348 e. The fourth-order valence-electron chi connectivity index (χ4n) is 3.38. The predicted octanol–water partition coefficient (Wildman–Crippen LogP) is 3.78. The van der Waals surface area contributed by atoms with Crippen LogP contribution in [0.5, 0.6) is 0 Å². The highest BCUT2D eigenvalue weighted by atomic mass is 32.2. The number of aromatic nitrogens is 2. The number of para-hydroxylation sites is 1. The van der Waals surface area contributed by atoms with E-state index in [0.717, 1.165) is 22.5 Å². The Morgan fingerprint density at radius 3 is 2.24 bits per heavy atom. The maximum atomic E-state index is 12.5. The second-order valence-electron chi connectivity index (χ2n) is 7.48. The van der Waals surface area contributed by atoms with Gasteiger partial charge in [0.2, 0.25) is 15.9 Å². The van der Waals surface area contributed by atoms with Crippen molar-refractivity contribution in [1.82, 2.24) is 19.8 Å². The Bertz CT molecular complexity index is 1400. The van der Waals surface area contributed by atoms with Gasteiger partial charge in [0, 0.05) is 29.9 Å². The van der Waals surface area contributed by atoms with Crippen LogP contribution in [-0.4, -0.2) is 31.2 Å². The molecule has 0 aliphatic carbocycles. The highest BCUT2D eigenvalue weighted by molar-refractivity contribution is 7.89. The highest BCUT2D eigenvalue weighted by Crippen LogP contribution is 2.23. The van der Waals surface area contributed by atoms with E-state index in [4.69, 9.17) is 5.10 Å². The zero-order valence-electron chi connectivity index (χ0n) is 18.5. The summed E-state index contributed by atoms with van der Waals surface area (Å²) in [5.41, 5.74) is 4.30. The Morgan fingerprint density at radius 2 is 1.59 bits per heavy atom. The summed E-state index contributed by atoms with van der Waals surface area (Å²) in [5, 5.41) is 7.65. The first-order valence-corrected chi connectivity index (χ1v) is 12.1. The van der Waals surface area contributed by atoms with E-state index in [1.807, 2.05) is 66.9 Å². The molecule has 34 heavy (non-hydrogen) atoms. The molecule has 0 saturated carbocycles. The van der Waals surface area contributed by atoms with Crippen LogP contribution < -0.4 is 10.0 Å². The van der Waals surface area contributed by atoms with E-state index in [1.165, 1.54) is 25.3 Å². The number of rotatable bonds is 8. The predicted molar refractivity (Wildman–Crippen MR) is 133 cm³/mol. The van der Waals surface area contributed by atoms with Gasteiger partial charge in [-0.05, 0) is 43.0 Å². The van der Waals surface area contributed by atoms with Crippen LogP contribution >= 0.6 is 0 Å². The van der Waals surface area contributed by atoms with Crippen LogP contribution in [0.1, 0.15) is 11.1 Å². The maximum Gasteiger partial charge on any atom is 0.244 e. The molecule has 0 unspecified atom stereocenters. The number of hydrogen-bond acceptors (Lipinski definition) is 4. The topological polar surface area (TPSA) is 93.1 Å². The Kier molecular flexibility index (Phi) is 7.01. The van der Waals surface area contributed by atoms with Crippen LogP contribution in [0.15, 0.2) is 102 Å². The summed E-state index contributed by atoms with van der Waals surface area (Å²) >= 11 is 0. The number of hydrogen-bond donors (Lipinski definition) is 2. The normalized spacial score (nSPS) is 11.6. The summed E-state index contributed by atoms with van der Waals surface area (Å²) in [5.74, 6) is -0.265. The molecule has 0 radical (unpaired) electrons. The van der Waals surface area contributed by atoms with E-state index in [2.05, 4.69) is 10.0 Å². The van der Waals surface area contributed by atoms with Gasteiger partial charge in [-0.2, -0.15) is 5.10 Å². The van der Waals surface area contributed by atoms with Gasteiger partial charge < -0.3 is 5.32 Å². The van der Waals surface area contributed by atoms with Gasteiger partial charge in [-0.1, -0.05) is 60.7 Å². The van der Waals surface area contributed by atoms with Crippen molar-refractivity contribution in [3.63, 3.8) is 0 Å².